The van der Waals surface area contributed by atoms with Crippen LogP contribution in [0.5, 0.6) is 0 Å². The molecule has 0 aliphatic rings. The van der Waals surface area contributed by atoms with Gasteiger partial charge in [0.1, 0.15) is 11.0 Å². The summed E-state index contributed by atoms with van der Waals surface area (Å²) in [6, 6.07) is 46.3. The predicted octanol–water partition coefficient (Wildman–Crippen LogP) is 11.0. The molecule has 5 heteroatoms. The lowest BCUT2D eigenvalue weighted by Gasteiger charge is -2.14. The van der Waals surface area contributed by atoms with Crippen molar-refractivity contribution in [2.75, 3.05) is 0 Å². The van der Waals surface area contributed by atoms with Gasteiger partial charge in [0.15, 0.2) is 11.2 Å². The maximum Gasteiger partial charge on any atom is 0.237 e. The van der Waals surface area contributed by atoms with E-state index in [9.17, 15) is 0 Å². The molecule has 4 nitrogen and oxygen atoms in total. The van der Waals surface area contributed by atoms with Gasteiger partial charge in [-0.05, 0) is 80.2 Å². The van der Waals surface area contributed by atoms with Gasteiger partial charge in [-0.25, -0.2) is 9.97 Å². The Morgan fingerprint density at radius 1 is 0.442 bits per heavy atom. The van der Waals surface area contributed by atoms with Gasteiger partial charge in [0, 0.05) is 0 Å². The Morgan fingerprint density at radius 3 is 1.86 bits per heavy atom. The highest BCUT2D eigenvalue weighted by atomic mass is 32.1. The Labute approximate surface area is 250 Å². The van der Waals surface area contributed by atoms with E-state index in [2.05, 4.69) is 96.0 Å². The maximum absolute atomic E-state index is 6.21. The first-order chi connectivity index (χ1) is 21.3. The topological polar surface area (TPSA) is 52.1 Å². The quantitative estimate of drug-likeness (QED) is 0.211. The lowest BCUT2D eigenvalue weighted by Crippen LogP contribution is -1.87. The maximum atomic E-state index is 6.21. The highest BCUT2D eigenvalue weighted by Crippen LogP contribution is 2.40. The van der Waals surface area contributed by atoms with Gasteiger partial charge in [0.05, 0.1) is 9.75 Å². The van der Waals surface area contributed by atoms with Crippen LogP contribution in [0.1, 0.15) is 0 Å². The van der Waals surface area contributed by atoms with E-state index >= 15 is 0 Å². The number of nitrogens with zero attached hydrogens (tertiary/aromatic N) is 2. The van der Waals surface area contributed by atoms with E-state index in [0.29, 0.717) is 11.8 Å². The molecule has 0 aliphatic heterocycles. The van der Waals surface area contributed by atoms with Gasteiger partial charge in [-0.2, -0.15) is 0 Å². The van der Waals surface area contributed by atoms with Gasteiger partial charge in [-0.1, -0.05) is 97.1 Å². The zero-order chi connectivity index (χ0) is 28.3. The first-order valence-corrected chi connectivity index (χ1v) is 15.0. The lowest BCUT2D eigenvalue weighted by atomic mass is 9.90. The van der Waals surface area contributed by atoms with Crippen LogP contribution in [0.25, 0.3) is 87.5 Å². The van der Waals surface area contributed by atoms with Crippen molar-refractivity contribution >= 4 is 55.1 Å². The van der Waals surface area contributed by atoms with Gasteiger partial charge in [0.25, 0.3) is 0 Å². The van der Waals surface area contributed by atoms with Gasteiger partial charge < -0.3 is 8.83 Å². The molecular weight excluding hydrogens is 548 g/mol. The van der Waals surface area contributed by atoms with Crippen LogP contribution in [0.2, 0.25) is 0 Å². The molecule has 0 N–H and O–H groups in total. The van der Waals surface area contributed by atoms with Crippen molar-refractivity contribution in [3.8, 4) is 43.8 Å². The Bertz CT molecular complexity index is 2440. The van der Waals surface area contributed by atoms with Crippen molar-refractivity contribution in [2.24, 2.45) is 0 Å². The molecule has 0 atom stereocenters. The Hall–Kier alpha value is -5.52. The molecule has 0 radical (unpaired) electrons. The number of thiophene rings is 1. The third-order valence-corrected chi connectivity index (χ3v) is 9.09. The smallest absolute Gasteiger partial charge is 0.237 e. The van der Waals surface area contributed by atoms with E-state index in [4.69, 9.17) is 13.8 Å². The molecular formula is C38H22N2O2S. The molecule has 6 aromatic carbocycles. The molecule has 0 unspecified atom stereocenters. The van der Waals surface area contributed by atoms with Crippen LogP contribution in [0.15, 0.2) is 142 Å². The van der Waals surface area contributed by atoms with Crippen LogP contribution in [0.3, 0.4) is 0 Å². The SMILES string of the molecule is c1ccc2c(-c3ccc(-c4ccc5oc(-c6ccc(-c7nc8ccccc8o7)s6)nc5c4)c4ccccc34)cccc2c1. The minimum absolute atomic E-state index is 0.593. The second kappa shape index (κ2) is 9.51. The number of benzene rings is 6. The summed E-state index contributed by atoms with van der Waals surface area (Å²) in [6.07, 6.45) is 0. The van der Waals surface area contributed by atoms with Crippen molar-refractivity contribution < 1.29 is 8.83 Å². The van der Waals surface area contributed by atoms with E-state index in [1.165, 1.54) is 38.2 Å². The highest BCUT2D eigenvalue weighted by Gasteiger charge is 2.17. The minimum atomic E-state index is 0.593. The molecule has 0 amide bonds. The van der Waals surface area contributed by atoms with Crippen LogP contribution >= 0.6 is 11.3 Å². The summed E-state index contributed by atoms with van der Waals surface area (Å²) in [5, 5.41) is 4.93. The number of fused-ring (bicyclic) bond motifs is 4. The van der Waals surface area contributed by atoms with Crippen LogP contribution < -0.4 is 0 Å². The molecule has 202 valence electrons. The van der Waals surface area contributed by atoms with Crippen molar-refractivity contribution in [1.82, 2.24) is 9.97 Å². The summed E-state index contributed by atoms with van der Waals surface area (Å²) in [5.74, 6) is 1.20. The molecule has 0 bridgehead atoms. The summed E-state index contributed by atoms with van der Waals surface area (Å²) in [4.78, 5) is 11.4. The highest BCUT2D eigenvalue weighted by molar-refractivity contribution is 7.18. The van der Waals surface area contributed by atoms with Crippen molar-refractivity contribution in [1.29, 1.82) is 0 Å². The number of oxazole rings is 2. The van der Waals surface area contributed by atoms with Crippen LogP contribution in [-0.4, -0.2) is 9.97 Å². The van der Waals surface area contributed by atoms with E-state index in [1.807, 2.05) is 42.5 Å². The fourth-order valence-corrected chi connectivity index (χ4v) is 6.85. The minimum Gasteiger partial charge on any atom is -0.435 e. The molecule has 3 aromatic heterocycles. The number of para-hydroxylation sites is 2. The Morgan fingerprint density at radius 2 is 1.05 bits per heavy atom. The zero-order valence-electron chi connectivity index (χ0n) is 22.8. The van der Waals surface area contributed by atoms with Crippen LogP contribution in [0.4, 0.5) is 0 Å². The van der Waals surface area contributed by atoms with Gasteiger partial charge in [-0.15, -0.1) is 11.3 Å². The third-order valence-electron chi connectivity index (χ3n) is 8.02. The molecule has 0 spiro atoms. The monoisotopic (exact) mass is 570 g/mol. The number of rotatable bonds is 4. The summed E-state index contributed by atoms with van der Waals surface area (Å²) in [7, 11) is 0. The van der Waals surface area contributed by atoms with Crippen LogP contribution in [-0.2, 0) is 0 Å². The third kappa shape index (κ3) is 3.97. The van der Waals surface area contributed by atoms with E-state index < -0.39 is 0 Å². The first-order valence-electron chi connectivity index (χ1n) is 14.2. The van der Waals surface area contributed by atoms with Crippen molar-refractivity contribution in [2.45, 2.75) is 0 Å². The molecule has 9 rings (SSSR count). The van der Waals surface area contributed by atoms with Crippen LogP contribution in [0, 0.1) is 0 Å². The van der Waals surface area contributed by atoms with Gasteiger partial charge in [0.2, 0.25) is 11.8 Å². The lowest BCUT2D eigenvalue weighted by molar-refractivity contribution is 0.621. The number of hydrogen-bond donors (Lipinski definition) is 0. The number of aromatic nitrogens is 2. The summed E-state index contributed by atoms with van der Waals surface area (Å²) >= 11 is 1.56. The van der Waals surface area contributed by atoms with Gasteiger partial charge in [-0.3, -0.25) is 0 Å². The fourth-order valence-electron chi connectivity index (χ4n) is 5.99. The predicted molar refractivity (Wildman–Crippen MR) is 176 cm³/mol. The molecule has 0 saturated carbocycles. The van der Waals surface area contributed by atoms with E-state index in [0.717, 1.165) is 37.5 Å². The first kappa shape index (κ1) is 24.1. The molecule has 43 heavy (non-hydrogen) atoms. The molecule has 3 heterocycles. The number of hydrogen-bond acceptors (Lipinski definition) is 5. The van der Waals surface area contributed by atoms with Crippen molar-refractivity contribution in [3.05, 3.63) is 133 Å². The van der Waals surface area contributed by atoms with Crippen molar-refractivity contribution in [3.63, 3.8) is 0 Å². The summed E-state index contributed by atoms with van der Waals surface area (Å²) in [6.45, 7) is 0. The average molecular weight is 571 g/mol. The molecule has 0 saturated heterocycles. The summed E-state index contributed by atoms with van der Waals surface area (Å²) in [5.41, 5.74) is 7.95. The van der Waals surface area contributed by atoms with E-state index in [1.54, 1.807) is 11.3 Å². The Kier molecular flexibility index (Phi) is 5.33. The second-order valence-electron chi connectivity index (χ2n) is 10.6. The second-order valence-corrected chi connectivity index (χ2v) is 11.7. The van der Waals surface area contributed by atoms with E-state index in [-0.39, 0.29) is 0 Å². The average Bonchev–Trinajstić information content (AvgIpc) is 3.82. The fraction of sp³-hybridized carbons (Fsp3) is 0. The molecule has 0 aliphatic carbocycles. The normalized spacial score (nSPS) is 11.7. The Balaban J connectivity index is 1.11. The van der Waals surface area contributed by atoms with Gasteiger partial charge >= 0.3 is 0 Å². The standard InChI is InChI=1S/C38H22N2O2S/c1-2-10-25-23(8-1)9-7-13-28(25)30-18-17-26(27-11-3-4-12-29(27)30)24-16-19-34-32(22-24)40-38(42-34)36-21-20-35(43-36)37-39-31-14-5-6-15-33(31)41-37/h1-22H. The molecule has 9 aromatic rings. The largest absolute Gasteiger partial charge is 0.435 e. The zero-order valence-corrected chi connectivity index (χ0v) is 23.6. The summed E-state index contributed by atoms with van der Waals surface area (Å²) < 4.78 is 12.2. The molecule has 0 fully saturated rings.